The van der Waals surface area contributed by atoms with E-state index in [-0.39, 0.29) is 0 Å². The normalized spacial score (nSPS) is 26.8. The minimum Gasteiger partial charge on any atom is -0.332 e. The third-order valence-corrected chi connectivity index (χ3v) is 3.62. The van der Waals surface area contributed by atoms with Crippen LogP contribution in [0.3, 0.4) is 0 Å². The molecule has 19 heteroatoms. The average molecular weight is 466 g/mol. The lowest BCUT2D eigenvalue weighted by Gasteiger charge is -2.41. The molecule has 0 bridgehead atoms. The van der Waals surface area contributed by atoms with E-state index < -0.39 is 53.7 Å². The van der Waals surface area contributed by atoms with Crippen LogP contribution in [-0.2, 0) is 4.74 Å². The lowest BCUT2D eigenvalue weighted by molar-refractivity contribution is -0.420. The van der Waals surface area contributed by atoms with Gasteiger partial charge in [0.05, 0.1) is 0 Å². The molecule has 1 heterocycles. The van der Waals surface area contributed by atoms with Gasteiger partial charge in [0.15, 0.2) is 0 Å². The Kier molecular flexibility index (Phi) is 4.80. The third kappa shape index (κ3) is 2.49. The van der Waals surface area contributed by atoms with E-state index in [4.69, 9.17) is 0 Å². The maximum atomic E-state index is 14.0. The molecule has 168 valence electrons. The van der Waals surface area contributed by atoms with Crippen molar-refractivity contribution in [2.45, 2.75) is 53.7 Å². The van der Waals surface area contributed by atoms with Crippen LogP contribution in [-0.4, -0.2) is 53.7 Å². The van der Waals surface area contributed by atoms with E-state index in [0.717, 1.165) is 0 Å². The van der Waals surface area contributed by atoms with Crippen LogP contribution in [0, 0.1) is 0 Å². The van der Waals surface area contributed by atoms with Crippen molar-refractivity contribution in [2.24, 2.45) is 0 Å². The van der Waals surface area contributed by atoms with Crippen LogP contribution in [0.5, 0.6) is 0 Å². The molecule has 1 rings (SSSR count). The van der Waals surface area contributed by atoms with Gasteiger partial charge in [-0.1, -0.05) is 0 Å². The first kappa shape index (κ1) is 24.7. The lowest BCUT2D eigenvalue weighted by atomic mass is 9.73. The van der Waals surface area contributed by atoms with E-state index in [0.29, 0.717) is 0 Å². The van der Waals surface area contributed by atoms with Crippen LogP contribution in [0.25, 0.3) is 0 Å². The molecular weight excluding hydrogens is 466 g/mol. The second-order valence-electron chi connectivity index (χ2n) is 5.19. The SMILES string of the molecule is FC(F)(F)C(F)(F)C(F)(C(F)(F)F)C1(C(F)(F)F)OC1(C(F)(F)F)C(F)(F)F. The van der Waals surface area contributed by atoms with Crippen molar-refractivity contribution in [3.8, 4) is 0 Å². The molecule has 0 aliphatic carbocycles. The first-order valence-corrected chi connectivity index (χ1v) is 5.81. The minimum absolute atomic E-state index is 1.91. The van der Waals surface area contributed by atoms with Gasteiger partial charge in [-0.15, -0.1) is 0 Å². The third-order valence-electron chi connectivity index (χ3n) is 3.62. The predicted octanol–water partition coefficient (Wildman–Crippen LogP) is 5.65. The largest absolute Gasteiger partial charge is 0.457 e. The monoisotopic (exact) mass is 466 g/mol. The molecule has 0 aromatic rings. The Bertz CT molecular complexity index is 599. The standard InChI is InChI=1S/C9F18O/c10-1(5(13,14)15,4(11,12)9(25,26)27)2(6(16,17)18)3(28-2,7(19,20)21)8(22,23)24. The van der Waals surface area contributed by atoms with Crippen LogP contribution in [0.1, 0.15) is 0 Å². The first-order valence-electron chi connectivity index (χ1n) is 5.81. The molecule has 0 amide bonds. The molecule has 1 nitrogen and oxygen atoms in total. The molecule has 0 spiro atoms. The van der Waals surface area contributed by atoms with Crippen LogP contribution < -0.4 is 0 Å². The maximum absolute atomic E-state index is 14.0. The molecule has 0 N–H and O–H groups in total. The van der Waals surface area contributed by atoms with Gasteiger partial charge in [-0.25, -0.2) is 4.39 Å². The maximum Gasteiger partial charge on any atom is 0.457 e. The fourth-order valence-electron chi connectivity index (χ4n) is 2.44. The molecule has 1 saturated heterocycles. The molecule has 1 fully saturated rings. The molecule has 0 aromatic carbocycles. The van der Waals surface area contributed by atoms with Crippen molar-refractivity contribution in [3.05, 3.63) is 0 Å². The van der Waals surface area contributed by atoms with Gasteiger partial charge < -0.3 is 4.74 Å². The molecular formula is C9F18O. The topological polar surface area (TPSA) is 12.5 Å². The molecule has 0 aromatic heterocycles. The van der Waals surface area contributed by atoms with E-state index in [1.54, 1.807) is 0 Å². The predicted molar refractivity (Wildman–Crippen MR) is 45.6 cm³/mol. The van der Waals surface area contributed by atoms with Crippen molar-refractivity contribution in [3.63, 3.8) is 0 Å². The summed E-state index contributed by atoms with van der Waals surface area (Å²) in [5, 5.41) is 0. The number of alkyl halides is 18. The van der Waals surface area contributed by atoms with Gasteiger partial charge in [-0.2, -0.15) is 74.6 Å². The summed E-state index contributed by atoms with van der Waals surface area (Å²) >= 11 is 0. The van der Waals surface area contributed by atoms with Crippen LogP contribution in [0.4, 0.5) is 79.0 Å². The summed E-state index contributed by atoms with van der Waals surface area (Å²) in [6.07, 6.45) is -39.8. The summed E-state index contributed by atoms with van der Waals surface area (Å²) in [6.45, 7) is 0. The van der Waals surface area contributed by atoms with E-state index in [2.05, 4.69) is 0 Å². The molecule has 0 radical (unpaired) electrons. The second-order valence-corrected chi connectivity index (χ2v) is 5.19. The zero-order valence-corrected chi connectivity index (χ0v) is 11.7. The van der Waals surface area contributed by atoms with Gasteiger partial charge >= 0.3 is 48.1 Å². The van der Waals surface area contributed by atoms with E-state index in [9.17, 15) is 79.0 Å². The summed E-state index contributed by atoms with van der Waals surface area (Å²) in [5.74, 6) is -8.47. The van der Waals surface area contributed by atoms with Crippen LogP contribution in [0.2, 0.25) is 0 Å². The lowest BCUT2D eigenvalue weighted by Crippen LogP contribution is -2.76. The van der Waals surface area contributed by atoms with Crippen molar-refractivity contribution < 1.29 is 83.8 Å². The summed E-state index contributed by atoms with van der Waals surface area (Å²) in [5.41, 5.74) is -23.8. The minimum atomic E-state index is -8.59. The number of rotatable bonds is 2. The average Bonchev–Trinajstić information content (AvgIpc) is 3.06. The van der Waals surface area contributed by atoms with Crippen LogP contribution >= 0.6 is 0 Å². The summed E-state index contributed by atoms with van der Waals surface area (Å²) < 4.78 is 231. The number of ether oxygens (including phenoxy) is 1. The smallest absolute Gasteiger partial charge is 0.332 e. The van der Waals surface area contributed by atoms with Gasteiger partial charge in [0.25, 0.3) is 5.60 Å². The first-order chi connectivity index (χ1) is 11.7. The highest BCUT2D eigenvalue weighted by Crippen LogP contribution is 2.78. The van der Waals surface area contributed by atoms with Gasteiger partial charge in [0.1, 0.15) is 0 Å². The Hall–Kier alpha value is -1.30. The van der Waals surface area contributed by atoms with E-state index in [1.807, 2.05) is 4.74 Å². The van der Waals surface area contributed by atoms with Gasteiger partial charge in [0.2, 0.25) is 0 Å². The fourth-order valence-corrected chi connectivity index (χ4v) is 2.44. The Morgan fingerprint density at radius 3 is 0.821 bits per heavy atom. The summed E-state index contributed by atoms with van der Waals surface area (Å²) in [7, 11) is 0. The quantitative estimate of drug-likeness (QED) is 0.379. The Morgan fingerprint density at radius 2 is 0.679 bits per heavy atom. The van der Waals surface area contributed by atoms with E-state index in [1.165, 1.54) is 0 Å². The Labute approximate surface area is 139 Å². The number of hydrogen-bond donors (Lipinski definition) is 0. The number of halogens is 18. The Morgan fingerprint density at radius 1 is 0.393 bits per heavy atom. The highest BCUT2D eigenvalue weighted by atomic mass is 19.4. The summed E-state index contributed by atoms with van der Waals surface area (Å²) in [6, 6.07) is 0. The number of hydrogen-bond acceptors (Lipinski definition) is 1. The Balaban J connectivity index is 4.19. The van der Waals surface area contributed by atoms with Gasteiger partial charge in [-0.3, -0.25) is 0 Å². The van der Waals surface area contributed by atoms with Crippen molar-refractivity contribution >= 4 is 0 Å². The highest BCUT2D eigenvalue weighted by Gasteiger charge is 3.12. The van der Waals surface area contributed by atoms with Crippen molar-refractivity contribution in [1.82, 2.24) is 0 Å². The molecule has 28 heavy (non-hydrogen) atoms. The molecule has 2 unspecified atom stereocenters. The summed E-state index contributed by atoms with van der Waals surface area (Å²) in [4.78, 5) is 0. The van der Waals surface area contributed by atoms with Gasteiger partial charge in [-0.05, 0) is 0 Å². The molecule has 0 saturated carbocycles. The molecule has 1 aliphatic rings. The van der Waals surface area contributed by atoms with Gasteiger partial charge in [0, 0.05) is 0 Å². The van der Waals surface area contributed by atoms with Crippen molar-refractivity contribution in [1.29, 1.82) is 0 Å². The zero-order chi connectivity index (χ0) is 23.2. The number of epoxide rings is 1. The second kappa shape index (κ2) is 5.44. The zero-order valence-electron chi connectivity index (χ0n) is 11.7. The van der Waals surface area contributed by atoms with Crippen molar-refractivity contribution in [2.75, 3.05) is 0 Å². The van der Waals surface area contributed by atoms with Crippen LogP contribution in [0.15, 0.2) is 0 Å². The molecule has 1 aliphatic heterocycles. The van der Waals surface area contributed by atoms with E-state index >= 15 is 0 Å². The molecule has 2 atom stereocenters. The fraction of sp³-hybridized carbons (Fsp3) is 1.00. The highest BCUT2D eigenvalue weighted by molar-refractivity contribution is 5.38.